The molecule has 0 saturated carbocycles. The number of benzene rings is 1. The Bertz CT molecular complexity index is 937. The summed E-state index contributed by atoms with van der Waals surface area (Å²) < 4.78 is 0. The number of nitrogens with zero attached hydrogens (tertiary/aromatic N) is 4. The van der Waals surface area contributed by atoms with Crippen LogP contribution in [-0.2, 0) is 12.8 Å². The molecule has 3 heterocycles. The number of pyridine rings is 1. The summed E-state index contributed by atoms with van der Waals surface area (Å²) in [4.78, 5) is 26.1. The van der Waals surface area contributed by atoms with E-state index in [2.05, 4.69) is 39.1 Å². The van der Waals surface area contributed by atoms with Crippen molar-refractivity contribution in [2.45, 2.75) is 18.9 Å². The average Bonchev–Trinajstić information content (AvgIpc) is 3.43. The first-order valence-corrected chi connectivity index (χ1v) is 10.7. The molecule has 0 N–H and O–H groups in total. The van der Waals surface area contributed by atoms with Crippen LogP contribution < -0.4 is 0 Å². The normalized spacial score (nSPS) is 17.6. The van der Waals surface area contributed by atoms with Gasteiger partial charge < -0.3 is 4.90 Å². The summed E-state index contributed by atoms with van der Waals surface area (Å²) in [6.07, 6.45) is 3.94. The predicted octanol–water partition coefficient (Wildman–Crippen LogP) is 3.13. The standard InChI is InChI=1S/C22H22N4OS/c27-22(18-5-6-20(23-13-18)21-14-28-15-24-21)26-9-7-25(8-10-26)19-11-16-3-1-2-4-17(16)12-19/h1-6,13-15,19H,7-12H2. The molecule has 1 aliphatic carbocycles. The van der Waals surface area contributed by atoms with Crippen LogP contribution in [0.3, 0.4) is 0 Å². The van der Waals surface area contributed by atoms with Crippen molar-refractivity contribution < 1.29 is 4.79 Å². The molecule has 3 aromatic rings. The lowest BCUT2D eigenvalue weighted by Gasteiger charge is -2.38. The van der Waals surface area contributed by atoms with Crippen molar-refractivity contribution >= 4 is 17.2 Å². The fourth-order valence-corrected chi connectivity index (χ4v) is 4.82. The fourth-order valence-electron chi connectivity index (χ4n) is 4.28. The number of hydrogen-bond acceptors (Lipinski definition) is 5. The van der Waals surface area contributed by atoms with Crippen LogP contribution in [0.25, 0.3) is 11.4 Å². The average molecular weight is 391 g/mol. The van der Waals surface area contributed by atoms with E-state index in [1.54, 1.807) is 23.0 Å². The lowest BCUT2D eigenvalue weighted by atomic mass is 10.1. The van der Waals surface area contributed by atoms with Crippen LogP contribution >= 0.6 is 11.3 Å². The molecular formula is C22H22N4OS. The number of fused-ring (bicyclic) bond motifs is 1. The third-order valence-electron chi connectivity index (χ3n) is 5.85. The van der Waals surface area contributed by atoms with Crippen molar-refractivity contribution in [2.75, 3.05) is 26.2 Å². The van der Waals surface area contributed by atoms with Gasteiger partial charge in [-0.25, -0.2) is 4.98 Å². The molecule has 0 atom stereocenters. The number of aromatic nitrogens is 2. The fraction of sp³-hybridized carbons (Fsp3) is 0.318. The molecule has 5 nitrogen and oxygen atoms in total. The highest BCUT2D eigenvalue weighted by Crippen LogP contribution is 2.26. The van der Waals surface area contributed by atoms with Gasteiger partial charge in [0.15, 0.2) is 0 Å². The van der Waals surface area contributed by atoms with E-state index in [9.17, 15) is 4.79 Å². The maximum Gasteiger partial charge on any atom is 0.255 e. The van der Waals surface area contributed by atoms with E-state index in [0.717, 1.165) is 50.4 Å². The summed E-state index contributed by atoms with van der Waals surface area (Å²) in [6.45, 7) is 3.43. The Labute approximate surface area is 168 Å². The summed E-state index contributed by atoms with van der Waals surface area (Å²) in [5.41, 5.74) is 7.08. The van der Waals surface area contributed by atoms with Crippen molar-refractivity contribution in [1.82, 2.24) is 19.8 Å². The van der Waals surface area contributed by atoms with Crippen molar-refractivity contribution in [1.29, 1.82) is 0 Å². The van der Waals surface area contributed by atoms with Crippen LogP contribution in [0.5, 0.6) is 0 Å². The molecule has 0 unspecified atom stereocenters. The summed E-state index contributed by atoms with van der Waals surface area (Å²) in [7, 11) is 0. The van der Waals surface area contributed by atoms with Crippen molar-refractivity contribution in [3.05, 3.63) is 70.2 Å². The van der Waals surface area contributed by atoms with E-state index in [1.807, 2.05) is 22.4 Å². The molecule has 0 bridgehead atoms. The van der Waals surface area contributed by atoms with Crippen LogP contribution in [0.1, 0.15) is 21.5 Å². The van der Waals surface area contributed by atoms with Gasteiger partial charge in [0.05, 0.1) is 22.5 Å². The Morgan fingerprint density at radius 1 is 0.929 bits per heavy atom. The summed E-state index contributed by atoms with van der Waals surface area (Å²) in [6, 6.07) is 13.1. The maximum atomic E-state index is 12.9. The minimum atomic E-state index is 0.0756. The topological polar surface area (TPSA) is 49.3 Å². The Hall–Kier alpha value is -2.57. The van der Waals surface area contributed by atoms with Gasteiger partial charge in [0.25, 0.3) is 5.91 Å². The maximum absolute atomic E-state index is 12.9. The van der Waals surface area contributed by atoms with E-state index in [4.69, 9.17) is 0 Å². The zero-order valence-corrected chi connectivity index (χ0v) is 16.4. The lowest BCUT2D eigenvalue weighted by Crippen LogP contribution is -2.52. The molecule has 1 amide bonds. The molecule has 2 aliphatic rings. The molecule has 1 fully saturated rings. The van der Waals surface area contributed by atoms with E-state index in [-0.39, 0.29) is 5.91 Å². The van der Waals surface area contributed by atoms with Crippen molar-refractivity contribution in [3.8, 4) is 11.4 Å². The molecule has 1 aromatic carbocycles. The van der Waals surface area contributed by atoms with Gasteiger partial charge >= 0.3 is 0 Å². The van der Waals surface area contributed by atoms with Crippen LogP contribution in [0, 0.1) is 0 Å². The number of rotatable bonds is 3. The van der Waals surface area contributed by atoms with Gasteiger partial charge in [0.1, 0.15) is 0 Å². The second kappa shape index (κ2) is 7.45. The summed E-state index contributed by atoms with van der Waals surface area (Å²) >= 11 is 1.54. The van der Waals surface area contributed by atoms with Gasteiger partial charge in [0.2, 0.25) is 0 Å². The highest BCUT2D eigenvalue weighted by Gasteiger charge is 2.30. The molecule has 1 aliphatic heterocycles. The number of carbonyl (C=O) groups is 1. The number of thiazole rings is 1. The first-order valence-electron chi connectivity index (χ1n) is 9.72. The first kappa shape index (κ1) is 17.5. The van der Waals surface area contributed by atoms with E-state index >= 15 is 0 Å². The van der Waals surface area contributed by atoms with Gasteiger partial charge in [-0.15, -0.1) is 11.3 Å². The number of carbonyl (C=O) groups excluding carboxylic acids is 1. The van der Waals surface area contributed by atoms with Crippen LogP contribution in [-0.4, -0.2) is 57.9 Å². The molecule has 142 valence electrons. The SMILES string of the molecule is O=C(c1ccc(-c2cscn2)nc1)N1CCN(C2Cc3ccccc3C2)CC1. The van der Waals surface area contributed by atoms with Crippen molar-refractivity contribution in [2.24, 2.45) is 0 Å². The Balaban J connectivity index is 1.19. The Morgan fingerprint density at radius 2 is 1.68 bits per heavy atom. The second-order valence-electron chi connectivity index (χ2n) is 7.46. The molecular weight excluding hydrogens is 368 g/mol. The minimum absolute atomic E-state index is 0.0756. The molecule has 28 heavy (non-hydrogen) atoms. The zero-order chi connectivity index (χ0) is 18.9. The Kier molecular flexibility index (Phi) is 4.66. The molecule has 6 heteroatoms. The molecule has 0 radical (unpaired) electrons. The van der Waals surface area contributed by atoms with Gasteiger partial charge in [-0.1, -0.05) is 24.3 Å². The largest absolute Gasteiger partial charge is 0.336 e. The third-order valence-corrected chi connectivity index (χ3v) is 6.44. The van der Waals surface area contributed by atoms with Gasteiger partial charge in [-0.3, -0.25) is 14.7 Å². The number of amides is 1. The van der Waals surface area contributed by atoms with Gasteiger partial charge in [0, 0.05) is 43.8 Å². The Morgan fingerprint density at radius 3 is 2.29 bits per heavy atom. The smallest absolute Gasteiger partial charge is 0.255 e. The monoisotopic (exact) mass is 390 g/mol. The van der Waals surface area contributed by atoms with Crippen LogP contribution in [0.15, 0.2) is 53.5 Å². The zero-order valence-electron chi connectivity index (χ0n) is 15.6. The third kappa shape index (κ3) is 3.34. The van der Waals surface area contributed by atoms with Gasteiger partial charge in [-0.2, -0.15) is 0 Å². The quantitative estimate of drug-likeness (QED) is 0.689. The van der Waals surface area contributed by atoms with E-state index in [0.29, 0.717) is 11.6 Å². The minimum Gasteiger partial charge on any atom is -0.336 e. The highest BCUT2D eigenvalue weighted by molar-refractivity contribution is 7.07. The van der Waals surface area contributed by atoms with Crippen molar-refractivity contribution in [3.63, 3.8) is 0 Å². The molecule has 5 rings (SSSR count). The van der Waals surface area contributed by atoms with E-state index in [1.165, 1.54) is 11.1 Å². The van der Waals surface area contributed by atoms with Crippen LogP contribution in [0.4, 0.5) is 0 Å². The molecule has 1 saturated heterocycles. The number of hydrogen-bond donors (Lipinski definition) is 0. The second-order valence-corrected chi connectivity index (χ2v) is 8.18. The van der Waals surface area contributed by atoms with Gasteiger partial charge in [-0.05, 0) is 36.1 Å². The number of piperazine rings is 1. The predicted molar refractivity (Wildman–Crippen MR) is 110 cm³/mol. The van der Waals surface area contributed by atoms with Crippen LogP contribution in [0.2, 0.25) is 0 Å². The molecule has 0 spiro atoms. The summed E-state index contributed by atoms with van der Waals surface area (Å²) in [5.74, 6) is 0.0756. The van der Waals surface area contributed by atoms with E-state index < -0.39 is 0 Å². The lowest BCUT2D eigenvalue weighted by molar-refractivity contribution is 0.0575. The first-order chi connectivity index (χ1) is 13.8. The summed E-state index contributed by atoms with van der Waals surface area (Å²) in [5, 5.41) is 1.96. The molecule has 2 aromatic heterocycles. The highest BCUT2D eigenvalue weighted by atomic mass is 32.1.